The minimum absolute atomic E-state index is 0.718. The highest BCUT2D eigenvalue weighted by Gasteiger charge is 2.34. The Bertz CT molecular complexity index is 973. The molecule has 9 heteroatoms. The second-order valence-electron chi connectivity index (χ2n) is 8.09. The van der Waals surface area contributed by atoms with E-state index >= 15 is 0 Å². The van der Waals surface area contributed by atoms with Crippen molar-refractivity contribution in [2.45, 2.75) is 36.6 Å². The predicted octanol–water partition coefficient (Wildman–Crippen LogP) is 6.36. The lowest BCUT2D eigenvalue weighted by Gasteiger charge is -2.33. The van der Waals surface area contributed by atoms with Crippen molar-refractivity contribution in [3.8, 4) is 0 Å². The van der Waals surface area contributed by atoms with Gasteiger partial charge >= 0.3 is 0 Å². The van der Waals surface area contributed by atoms with E-state index in [-0.39, 0.29) is 0 Å². The minimum atomic E-state index is -1.88. The fourth-order valence-corrected chi connectivity index (χ4v) is 15.0. The van der Waals surface area contributed by atoms with E-state index in [4.69, 9.17) is 12.9 Å². The normalized spacial score (nSPS) is 12.8. The van der Waals surface area contributed by atoms with Crippen LogP contribution in [-0.4, -0.2) is 37.4 Å². The SMILES string of the molecule is C[Si](C)(CSc1nc2ccccc2o1)O[Si](C)(C)CSc1nc2ccccc2o1. The molecule has 0 saturated carbocycles. The maximum absolute atomic E-state index is 6.71. The average molecular weight is 461 g/mol. The van der Waals surface area contributed by atoms with E-state index in [0.29, 0.717) is 0 Å². The molecule has 0 bridgehead atoms. The van der Waals surface area contributed by atoms with Crippen molar-refractivity contribution in [2.24, 2.45) is 0 Å². The highest BCUT2D eigenvalue weighted by Crippen LogP contribution is 2.30. The molecule has 2 aromatic heterocycles. The molecule has 0 saturated heterocycles. The topological polar surface area (TPSA) is 61.3 Å². The quantitative estimate of drug-likeness (QED) is 0.224. The number of nitrogens with zero attached hydrogens (tertiary/aromatic N) is 2. The molecule has 29 heavy (non-hydrogen) atoms. The van der Waals surface area contributed by atoms with Crippen molar-refractivity contribution < 1.29 is 12.9 Å². The summed E-state index contributed by atoms with van der Waals surface area (Å²) < 4.78 is 18.4. The first-order chi connectivity index (χ1) is 13.8. The molecule has 2 aromatic carbocycles. The van der Waals surface area contributed by atoms with Crippen LogP contribution in [0.25, 0.3) is 22.2 Å². The Balaban J connectivity index is 1.33. The first kappa shape index (κ1) is 20.7. The van der Waals surface area contributed by atoms with Crippen molar-refractivity contribution in [1.82, 2.24) is 9.97 Å². The summed E-state index contributed by atoms with van der Waals surface area (Å²) in [7, 11) is -3.76. The zero-order valence-electron chi connectivity index (χ0n) is 17.0. The van der Waals surface area contributed by atoms with Gasteiger partial charge in [-0.15, -0.1) is 0 Å². The van der Waals surface area contributed by atoms with Crippen LogP contribution in [0.5, 0.6) is 0 Å². The molecule has 0 spiro atoms. The molecular weight excluding hydrogens is 437 g/mol. The summed E-state index contributed by atoms with van der Waals surface area (Å²) in [6, 6.07) is 15.7. The monoisotopic (exact) mass is 460 g/mol. The van der Waals surface area contributed by atoms with Gasteiger partial charge in [0.1, 0.15) is 11.0 Å². The highest BCUT2D eigenvalue weighted by molar-refractivity contribution is 8.01. The molecule has 0 unspecified atom stereocenters. The largest absolute Gasteiger partial charge is 0.454 e. The highest BCUT2D eigenvalue weighted by atomic mass is 32.2. The smallest absolute Gasteiger partial charge is 0.256 e. The molecule has 0 N–H and O–H groups in total. The Kier molecular flexibility index (Phi) is 5.94. The molecule has 5 nitrogen and oxygen atoms in total. The summed E-state index contributed by atoms with van der Waals surface area (Å²) in [5.74, 6) is 0. The lowest BCUT2D eigenvalue weighted by atomic mass is 10.3. The average Bonchev–Trinajstić information content (AvgIpc) is 3.27. The number of hydrogen-bond acceptors (Lipinski definition) is 7. The summed E-state index contributed by atoms with van der Waals surface area (Å²) in [5, 5.41) is 3.25. The van der Waals surface area contributed by atoms with Gasteiger partial charge in [-0.2, -0.15) is 0 Å². The van der Waals surface area contributed by atoms with E-state index in [1.807, 2.05) is 48.5 Å². The van der Waals surface area contributed by atoms with Gasteiger partial charge in [-0.25, -0.2) is 9.97 Å². The Morgan fingerprint density at radius 1 is 0.724 bits per heavy atom. The van der Waals surface area contributed by atoms with E-state index < -0.39 is 16.6 Å². The summed E-state index contributed by atoms with van der Waals surface area (Å²) >= 11 is 3.31. The molecule has 0 aliphatic carbocycles. The number of benzene rings is 2. The Morgan fingerprint density at radius 2 is 1.14 bits per heavy atom. The predicted molar refractivity (Wildman–Crippen MR) is 126 cm³/mol. The van der Waals surface area contributed by atoms with Crippen LogP contribution in [0.1, 0.15) is 0 Å². The maximum Gasteiger partial charge on any atom is 0.256 e. The molecule has 2 heterocycles. The number of thioether (sulfide) groups is 2. The second kappa shape index (κ2) is 8.31. The van der Waals surface area contributed by atoms with E-state index in [1.165, 1.54) is 0 Å². The van der Waals surface area contributed by atoms with Crippen LogP contribution in [0.3, 0.4) is 0 Å². The number of fused-ring (bicyclic) bond motifs is 2. The first-order valence-electron chi connectivity index (χ1n) is 9.47. The van der Waals surface area contributed by atoms with Gasteiger partial charge in [-0.3, -0.25) is 0 Å². The zero-order valence-corrected chi connectivity index (χ0v) is 20.6. The molecule has 0 atom stereocenters. The molecule has 0 fully saturated rings. The summed E-state index contributed by atoms with van der Waals surface area (Å²) in [4.78, 5) is 9.12. The molecule has 4 rings (SSSR count). The number of aromatic nitrogens is 2. The van der Waals surface area contributed by atoms with Crippen molar-refractivity contribution in [1.29, 1.82) is 0 Å². The van der Waals surface area contributed by atoms with Crippen molar-refractivity contribution in [2.75, 3.05) is 10.8 Å². The van der Waals surface area contributed by atoms with Gasteiger partial charge in [0.2, 0.25) is 0 Å². The third kappa shape index (κ3) is 5.34. The third-order valence-corrected chi connectivity index (χ3v) is 16.2. The summed E-state index contributed by atoms with van der Waals surface area (Å²) in [5.41, 5.74) is 3.47. The van der Waals surface area contributed by atoms with Crippen LogP contribution < -0.4 is 0 Å². The van der Waals surface area contributed by atoms with Gasteiger partial charge in [0.25, 0.3) is 10.4 Å². The third-order valence-electron chi connectivity index (χ3n) is 4.19. The van der Waals surface area contributed by atoms with Crippen LogP contribution in [0.2, 0.25) is 26.2 Å². The molecular formula is C20H24N2O3S2Si2. The van der Waals surface area contributed by atoms with Gasteiger partial charge in [-0.1, -0.05) is 47.8 Å². The van der Waals surface area contributed by atoms with Crippen LogP contribution in [0, 0.1) is 0 Å². The molecule has 0 aliphatic rings. The standard InChI is InChI=1S/C20H24N2O3S2Si2/c1-28(2,13-26-19-21-15-9-5-7-11-17(15)23-19)25-29(3,4)14-27-20-22-16-10-6-8-12-18(16)24-20/h5-12H,13-14H2,1-4H3. The zero-order chi connectivity index (χ0) is 20.5. The summed E-state index contributed by atoms with van der Waals surface area (Å²) in [6.07, 6.45) is 0. The van der Waals surface area contributed by atoms with Gasteiger partial charge in [0.15, 0.2) is 27.8 Å². The van der Waals surface area contributed by atoms with E-state index in [9.17, 15) is 0 Å². The van der Waals surface area contributed by atoms with Crippen molar-refractivity contribution in [3.05, 3.63) is 48.5 Å². The molecule has 0 amide bonds. The lowest BCUT2D eigenvalue weighted by molar-refractivity contribution is 0.489. The fraction of sp³-hybridized carbons (Fsp3) is 0.300. The Hall–Kier alpha value is -1.53. The first-order valence-corrected chi connectivity index (χ1v) is 17.7. The Morgan fingerprint density at radius 3 is 1.55 bits per heavy atom. The van der Waals surface area contributed by atoms with Gasteiger partial charge < -0.3 is 12.9 Å². The maximum atomic E-state index is 6.71. The molecule has 4 aromatic rings. The van der Waals surface area contributed by atoms with Crippen molar-refractivity contribution >= 4 is 62.4 Å². The van der Waals surface area contributed by atoms with Crippen LogP contribution in [0.4, 0.5) is 0 Å². The number of para-hydroxylation sites is 4. The van der Waals surface area contributed by atoms with E-state index in [0.717, 1.165) is 43.4 Å². The number of rotatable bonds is 8. The van der Waals surface area contributed by atoms with Gasteiger partial charge in [0, 0.05) is 10.8 Å². The number of oxazole rings is 2. The minimum Gasteiger partial charge on any atom is -0.454 e. The van der Waals surface area contributed by atoms with Crippen LogP contribution in [0.15, 0.2) is 67.8 Å². The van der Waals surface area contributed by atoms with E-state index in [2.05, 4.69) is 36.2 Å². The van der Waals surface area contributed by atoms with Crippen molar-refractivity contribution in [3.63, 3.8) is 0 Å². The second-order valence-corrected chi connectivity index (χ2v) is 19.5. The molecule has 0 radical (unpaired) electrons. The van der Waals surface area contributed by atoms with Crippen LogP contribution >= 0.6 is 23.5 Å². The van der Waals surface area contributed by atoms with Gasteiger partial charge in [0.05, 0.1) is 0 Å². The Labute approximate surface area is 180 Å². The molecule has 0 aliphatic heterocycles. The molecule has 152 valence electrons. The fourth-order valence-electron chi connectivity index (χ4n) is 3.10. The van der Waals surface area contributed by atoms with E-state index in [1.54, 1.807) is 23.5 Å². The summed E-state index contributed by atoms with van der Waals surface area (Å²) in [6.45, 7) is 9.06. The van der Waals surface area contributed by atoms with Crippen LogP contribution in [-0.2, 0) is 4.12 Å². The van der Waals surface area contributed by atoms with Gasteiger partial charge in [-0.05, 0) is 50.5 Å². The lowest BCUT2D eigenvalue weighted by Crippen LogP contribution is -2.48. The number of hydrogen-bond donors (Lipinski definition) is 0.